The highest BCUT2D eigenvalue weighted by Crippen LogP contribution is 2.42. The van der Waals surface area contributed by atoms with E-state index in [4.69, 9.17) is 0 Å². The molecule has 0 saturated carbocycles. The summed E-state index contributed by atoms with van der Waals surface area (Å²) in [6.45, 7) is 0. The van der Waals surface area contributed by atoms with Crippen molar-refractivity contribution in [2.24, 2.45) is 0 Å². The van der Waals surface area contributed by atoms with Crippen molar-refractivity contribution in [2.45, 2.75) is 0 Å². The predicted octanol–water partition coefficient (Wildman–Crippen LogP) is 16.6. The summed E-state index contributed by atoms with van der Waals surface area (Å²) in [5.74, 6) is 0. The molecule has 0 aliphatic rings. The van der Waals surface area contributed by atoms with Gasteiger partial charge >= 0.3 is 0 Å². The van der Waals surface area contributed by atoms with Crippen LogP contribution in [0.15, 0.2) is 212 Å². The Morgan fingerprint density at radius 3 is 1.39 bits per heavy atom. The van der Waals surface area contributed by atoms with Crippen molar-refractivity contribution in [3.63, 3.8) is 0 Å². The lowest BCUT2D eigenvalue weighted by molar-refractivity contribution is 1.28. The molecule has 2 heterocycles. The molecule has 2 aromatic heterocycles. The average molecular weight is 762 g/mol. The smallest absolute Gasteiger partial charge is 0.0462 e. The van der Waals surface area contributed by atoms with Gasteiger partial charge in [0.25, 0.3) is 0 Å². The first-order chi connectivity index (χ1) is 28.2. The number of anilines is 3. The third kappa shape index (κ3) is 6.09. The van der Waals surface area contributed by atoms with Gasteiger partial charge in [-0.15, -0.1) is 22.7 Å². The van der Waals surface area contributed by atoms with Gasteiger partial charge in [0.05, 0.1) is 0 Å². The average Bonchev–Trinajstić information content (AvgIpc) is 3.85. The summed E-state index contributed by atoms with van der Waals surface area (Å²) in [4.78, 5) is 2.30. The van der Waals surface area contributed by atoms with E-state index in [-0.39, 0.29) is 0 Å². The lowest BCUT2D eigenvalue weighted by Crippen LogP contribution is -2.09. The van der Waals surface area contributed by atoms with Gasteiger partial charge in [-0.25, -0.2) is 0 Å². The molecule has 0 aliphatic carbocycles. The van der Waals surface area contributed by atoms with E-state index < -0.39 is 0 Å². The van der Waals surface area contributed by atoms with Gasteiger partial charge in [0.2, 0.25) is 0 Å². The third-order valence-electron chi connectivity index (χ3n) is 11.1. The van der Waals surface area contributed by atoms with Gasteiger partial charge in [-0.3, -0.25) is 0 Å². The summed E-state index contributed by atoms with van der Waals surface area (Å²) in [5, 5.41) is 5.28. The van der Waals surface area contributed by atoms with Gasteiger partial charge in [-0.1, -0.05) is 140 Å². The molecule has 0 atom stereocenters. The summed E-state index contributed by atoms with van der Waals surface area (Å²) in [6, 6.07) is 77.4. The topological polar surface area (TPSA) is 3.24 Å². The Hall–Kier alpha value is -6.78. The first-order valence-corrected chi connectivity index (χ1v) is 21.0. The minimum atomic E-state index is 1.13. The molecule has 11 rings (SSSR count). The number of para-hydroxylation sites is 2. The van der Waals surface area contributed by atoms with Crippen molar-refractivity contribution in [3.05, 3.63) is 212 Å². The Kier molecular flexibility index (Phi) is 8.28. The number of hydrogen-bond acceptors (Lipinski definition) is 3. The maximum absolute atomic E-state index is 2.39. The van der Waals surface area contributed by atoms with Crippen molar-refractivity contribution in [1.29, 1.82) is 0 Å². The lowest BCUT2D eigenvalue weighted by atomic mass is 9.96. The van der Waals surface area contributed by atoms with Crippen LogP contribution in [-0.4, -0.2) is 0 Å². The standard InChI is InChI=1S/C54H35NS2/c1-3-13-43(14-4-1)55(44-15-5-2-6-16-44)45-29-25-37(26-30-45)36-21-23-38(24-22-36)40-27-31-52-49(34-40)50-35-41(28-32-53(50)56-52)39-11-9-12-42(33-39)46-18-10-19-48-47-17-7-8-20-51(47)57-54(46)48/h1-35H. The molecule has 0 aliphatic heterocycles. The van der Waals surface area contributed by atoms with Crippen LogP contribution in [0.3, 0.4) is 0 Å². The highest BCUT2D eigenvalue weighted by atomic mass is 32.1. The molecule has 1 nitrogen and oxygen atoms in total. The number of nitrogens with zero attached hydrogens (tertiary/aromatic N) is 1. The van der Waals surface area contributed by atoms with Crippen LogP contribution in [0.1, 0.15) is 0 Å². The maximum Gasteiger partial charge on any atom is 0.0462 e. The molecule has 57 heavy (non-hydrogen) atoms. The monoisotopic (exact) mass is 761 g/mol. The summed E-state index contributed by atoms with van der Waals surface area (Å²) < 4.78 is 5.31. The highest BCUT2D eigenvalue weighted by molar-refractivity contribution is 7.26. The van der Waals surface area contributed by atoms with E-state index in [1.54, 1.807) is 0 Å². The fourth-order valence-electron chi connectivity index (χ4n) is 8.24. The van der Waals surface area contributed by atoms with E-state index in [1.807, 2.05) is 22.7 Å². The minimum absolute atomic E-state index is 1.13. The van der Waals surface area contributed by atoms with Crippen LogP contribution >= 0.6 is 22.7 Å². The van der Waals surface area contributed by atoms with Crippen molar-refractivity contribution in [2.75, 3.05) is 4.90 Å². The zero-order valence-electron chi connectivity index (χ0n) is 31.0. The molecule has 0 saturated heterocycles. The molecule has 3 heteroatoms. The van der Waals surface area contributed by atoms with Crippen LogP contribution in [0.2, 0.25) is 0 Å². The normalized spacial score (nSPS) is 11.5. The molecular weight excluding hydrogens is 727 g/mol. The van der Waals surface area contributed by atoms with Crippen LogP contribution in [0.25, 0.3) is 84.9 Å². The summed E-state index contributed by atoms with van der Waals surface area (Å²) in [6.07, 6.45) is 0. The SMILES string of the molecule is c1ccc(N(c2ccccc2)c2ccc(-c3ccc(-c4ccc5sc6ccc(-c7cccc(-c8cccc9c8sc8ccccc89)c7)cc6c5c4)cc3)cc2)cc1. The van der Waals surface area contributed by atoms with Crippen molar-refractivity contribution in [1.82, 2.24) is 0 Å². The molecule has 0 amide bonds. The molecular formula is C54H35NS2. The van der Waals surface area contributed by atoms with Gasteiger partial charge in [0.1, 0.15) is 0 Å². The Balaban J connectivity index is 0.892. The van der Waals surface area contributed by atoms with Crippen LogP contribution in [0.4, 0.5) is 17.1 Å². The number of hydrogen-bond donors (Lipinski definition) is 0. The Labute approximate surface area is 340 Å². The molecule has 9 aromatic carbocycles. The van der Waals surface area contributed by atoms with E-state index in [0.29, 0.717) is 0 Å². The van der Waals surface area contributed by atoms with E-state index in [0.717, 1.165) is 17.1 Å². The molecule has 0 N–H and O–H groups in total. The van der Waals surface area contributed by atoms with Crippen LogP contribution < -0.4 is 4.90 Å². The summed E-state index contributed by atoms with van der Waals surface area (Å²) in [7, 11) is 0. The predicted molar refractivity (Wildman–Crippen MR) is 249 cm³/mol. The lowest BCUT2D eigenvalue weighted by Gasteiger charge is -2.25. The van der Waals surface area contributed by atoms with E-state index in [1.165, 1.54) is 84.9 Å². The minimum Gasteiger partial charge on any atom is -0.311 e. The second-order valence-corrected chi connectivity index (χ2v) is 16.7. The molecule has 0 unspecified atom stereocenters. The Morgan fingerprint density at radius 1 is 0.263 bits per heavy atom. The first kappa shape index (κ1) is 33.5. The zero-order chi connectivity index (χ0) is 37.7. The molecule has 0 radical (unpaired) electrons. The van der Waals surface area contributed by atoms with Gasteiger partial charge in [0, 0.05) is 57.4 Å². The third-order valence-corrected chi connectivity index (χ3v) is 13.5. The van der Waals surface area contributed by atoms with Crippen LogP contribution in [-0.2, 0) is 0 Å². The quantitative estimate of drug-likeness (QED) is 0.156. The largest absolute Gasteiger partial charge is 0.311 e. The number of rotatable bonds is 7. The summed E-state index contributed by atoms with van der Waals surface area (Å²) >= 11 is 3.76. The fourth-order valence-corrected chi connectivity index (χ4v) is 10.5. The van der Waals surface area contributed by atoms with E-state index in [2.05, 4.69) is 217 Å². The fraction of sp³-hybridized carbons (Fsp3) is 0. The second-order valence-electron chi connectivity index (χ2n) is 14.5. The molecule has 0 bridgehead atoms. The van der Waals surface area contributed by atoms with Crippen molar-refractivity contribution >= 4 is 80.1 Å². The van der Waals surface area contributed by atoms with Gasteiger partial charge in [-0.05, 0) is 117 Å². The number of thiophene rings is 2. The van der Waals surface area contributed by atoms with E-state index >= 15 is 0 Å². The molecule has 0 spiro atoms. The molecule has 268 valence electrons. The Morgan fingerprint density at radius 2 is 0.719 bits per heavy atom. The van der Waals surface area contributed by atoms with Gasteiger partial charge in [0.15, 0.2) is 0 Å². The number of fused-ring (bicyclic) bond motifs is 6. The molecule has 11 aromatic rings. The molecule has 0 fully saturated rings. The summed E-state index contributed by atoms with van der Waals surface area (Å²) in [5.41, 5.74) is 13.3. The van der Waals surface area contributed by atoms with Crippen molar-refractivity contribution < 1.29 is 0 Å². The van der Waals surface area contributed by atoms with Crippen molar-refractivity contribution in [3.8, 4) is 44.5 Å². The number of benzene rings is 9. The van der Waals surface area contributed by atoms with Crippen LogP contribution in [0, 0.1) is 0 Å². The maximum atomic E-state index is 2.39. The van der Waals surface area contributed by atoms with Gasteiger partial charge in [-0.2, -0.15) is 0 Å². The first-order valence-electron chi connectivity index (χ1n) is 19.3. The zero-order valence-corrected chi connectivity index (χ0v) is 32.6. The van der Waals surface area contributed by atoms with E-state index in [9.17, 15) is 0 Å². The van der Waals surface area contributed by atoms with Gasteiger partial charge < -0.3 is 4.90 Å². The highest BCUT2D eigenvalue weighted by Gasteiger charge is 2.14. The Bertz CT molecular complexity index is 3170. The van der Waals surface area contributed by atoms with Crippen LogP contribution in [0.5, 0.6) is 0 Å². The second kappa shape index (κ2) is 14.1.